The van der Waals surface area contributed by atoms with Crippen LogP contribution in [0.25, 0.3) is 0 Å². The Bertz CT molecular complexity index is 397. The van der Waals surface area contributed by atoms with Gasteiger partial charge in [-0.3, -0.25) is 0 Å². The van der Waals surface area contributed by atoms with Crippen LogP contribution in [0.2, 0.25) is 0 Å². The minimum absolute atomic E-state index is 0.129. The fraction of sp³-hybridized carbons (Fsp3) is 0.600. The Balaban J connectivity index is 1.80. The molecule has 1 fully saturated rings. The molecular weight excluding hydrogens is 272 g/mol. The summed E-state index contributed by atoms with van der Waals surface area (Å²) in [5, 5.41) is 12.9. The minimum Gasteiger partial charge on any atom is -0.497 e. The number of hydrogen-bond acceptors (Lipinski definition) is 5. The van der Waals surface area contributed by atoms with E-state index in [2.05, 4.69) is 16.3 Å². The number of aliphatic hydroxyl groups is 1. The second kappa shape index (κ2) is 8.52. The number of thioether (sulfide) groups is 1. The lowest BCUT2D eigenvalue weighted by Gasteiger charge is -2.30. The predicted molar refractivity (Wildman–Crippen MR) is 84.5 cm³/mol. The van der Waals surface area contributed by atoms with E-state index in [0.717, 1.165) is 31.9 Å². The molecule has 1 heterocycles. The van der Waals surface area contributed by atoms with Crippen LogP contribution < -0.4 is 10.1 Å². The van der Waals surface area contributed by atoms with Crippen molar-refractivity contribution >= 4 is 11.8 Å². The first kappa shape index (κ1) is 15.6. The van der Waals surface area contributed by atoms with E-state index in [-0.39, 0.29) is 12.6 Å². The summed E-state index contributed by atoms with van der Waals surface area (Å²) in [6.07, 6.45) is 0. The van der Waals surface area contributed by atoms with Crippen LogP contribution in [0, 0.1) is 0 Å². The lowest BCUT2D eigenvalue weighted by molar-refractivity contribution is 0.188. The molecule has 0 amide bonds. The van der Waals surface area contributed by atoms with Crippen LogP contribution in [-0.2, 0) is 6.54 Å². The highest BCUT2D eigenvalue weighted by molar-refractivity contribution is 7.99. The number of aliphatic hydroxyl groups excluding tert-OH is 1. The zero-order valence-corrected chi connectivity index (χ0v) is 12.9. The van der Waals surface area contributed by atoms with Crippen molar-refractivity contribution < 1.29 is 9.84 Å². The molecule has 0 spiro atoms. The average molecular weight is 296 g/mol. The van der Waals surface area contributed by atoms with Crippen molar-refractivity contribution in [2.24, 2.45) is 0 Å². The van der Waals surface area contributed by atoms with Crippen molar-refractivity contribution in [2.75, 3.05) is 44.9 Å². The molecule has 0 aromatic heterocycles. The number of ether oxygens (including phenoxy) is 1. The van der Waals surface area contributed by atoms with Crippen molar-refractivity contribution in [2.45, 2.75) is 12.6 Å². The third-order valence-electron chi connectivity index (χ3n) is 3.53. The largest absolute Gasteiger partial charge is 0.497 e. The number of nitrogens with zero attached hydrogens (tertiary/aromatic N) is 1. The van der Waals surface area contributed by atoms with Gasteiger partial charge in [-0.15, -0.1) is 0 Å². The van der Waals surface area contributed by atoms with E-state index in [1.54, 1.807) is 7.11 Å². The summed E-state index contributed by atoms with van der Waals surface area (Å²) in [6, 6.07) is 8.16. The summed E-state index contributed by atoms with van der Waals surface area (Å²) in [7, 11) is 1.68. The van der Waals surface area contributed by atoms with Gasteiger partial charge in [0.15, 0.2) is 0 Å². The maximum Gasteiger partial charge on any atom is 0.119 e. The first-order valence-corrected chi connectivity index (χ1v) is 8.24. The van der Waals surface area contributed by atoms with E-state index < -0.39 is 0 Å². The Labute approximate surface area is 125 Å². The topological polar surface area (TPSA) is 44.7 Å². The molecule has 0 radical (unpaired) electrons. The molecule has 4 nitrogen and oxygen atoms in total. The van der Waals surface area contributed by atoms with Gasteiger partial charge in [0, 0.05) is 43.7 Å². The Morgan fingerprint density at radius 1 is 1.40 bits per heavy atom. The minimum atomic E-state index is 0.129. The highest BCUT2D eigenvalue weighted by Gasteiger charge is 2.15. The van der Waals surface area contributed by atoms with Gasteiger partial charge < -0.3 is 20.1 Å². The molecule has 1 unspecified atom stereocenters. The highest BCUT2D eigenvalue weighted by atomic mass is 32.2. The molecule has 2 rings (SSSR count). The van der Waals surface area contributed by atoms with Crippen LogP contribution in [-0.4, -0.2) is 60.9 Å². The van der Waals surface area contributed by atoms with Gasteiger partial charge >= 0.3 is 0 Å². The summed E-state index contributed by atoms with van der Waals surface area (Å²) < 4.78 is 5.22. The van der Waals surface area contributed by atoms with E-state index in [4.69, 9.17) is 4.74 Å². The van der Waals surface area contributed by atoms with E-state index in [1.807, 2.05) is 30.0 Å². The molecule has 20 heavy (non-hydrogen) atoms. The average Bonchev–Trinajstić information content (AvgIpc) is 2.52. The van der Waals surface area contributed by atoms with Gasteiger partial charge in [0.2, 0.25) is 0 Å². The molecule has 1 saturated heterocycles. The van der Waals surface area contributed by atoms with E-state index in [9.17, 15) is 5.11 Å². The molecule has 1 aromatic carbocycles. The third kappa shape index (κ3) is 4.98. The Morgan fingerprint density at radius 3 is 2.90 bits per heavy atom. The number of rotatable bonds is 7. The van der Waals surface area contributed by atoms with Gasteiger partial charge in [-0.2, -0.15) is 11.8 Å². The highest BCUT2D eigenvalue weighted by Crippen LogP contribution is 2.13. The molecule has 1 aliphatic heterocycles. The van der Waals surface area contributed by atoms with Gasteiger partial charge in [-0.05, 0) is 17.7 Å². The Hall–Kier alpha value is -0.750. The van der Waals surface area contributed by atoms with E-state index in [1.165, 1.54) is 17.1 Å². The fourth-order valence-corrected chi connectivity index (χ4v) is 3.31. The van der Waals surface area contributed by atoms with Crippen LogP contribution >= 0.6 is 11.8 Å². The van der Waals surface area contributed by atoms with Crippen LogP contribution in [0.15, 0.2) is 24.3 Å². The molecule has 1 aromatic rings. The Kier molecular flexibility index (Phi) is 6.66. The fourth-order valence-electron chi connectivity index (χ4n) is 2.33. The summed E-state index contributed by atoms with van der Waals surface area (Å²) in [5.41, 5.74) is 1.18. The van der Waals surface area contributed by atoms with Gasteiger partial charge in [0.1, 0.15) is 5.75 Å². The first-order valence-electron chi connectivity index (χ1n) is 7.09. The SMILES string of the molecule is COc1cccc(CNC(CO)CN2CCSCC2)c1. The molecule has 112 valence electrons. The third-order valence-corrected chi connectivity index (χ3v) is 4.47. The summed E-state index contributed by atoms with van der Waals surface area (Å²) >= 11 is 2.01. The molecule has 2 N–H and O–H groups in total. The van der Waals surface area contributed by atoms with Gasteiger partial charge in [0.05, 0.1) is 13.7 Å². The molecule has 1 atom stereocenters. The zero-order valence-electron chi connectivity index (χ0n) is 12.0. The normalized spacial score (nSPS) is 17.9. The van der Waals surface area contributed by atoms with Crippen molar-refractivity contribution in [1.29, 1.82) is 0 Å². The quantitative estimate of drug-likeness (QED) is 0.791. The lowest BCUT2D eigenvalue weighted by Crippen LogP contribution is -2.45. The number of hydrogen-bond donors (Lipinski definition) is 2. The number of benzene rings is 1. The maximum atomic E-state index is 9.52. The monoisotopic (exact) mass is 296 g/mol. The van der Waals surface area contributed by atoms with Crippen molar-refractivity contribution in [3.8, 4) is 5.75 Å². The van der Waals surface area contributed by atoms with E-state index >= 15 is 0 Å². The van der Waals surface area contributed by atoms with Crippen LogP contribution in [0.3, 0.4) is 0 Å². The predicted octanol–water partition coefficient (Wildman–Crippen LogP) is 1.19. The van der Waals surface area contributed by atoms with Gasteiger partial charge in [-0.1, -0.05) is 12.1 Å². The molecule has 0 bridgehead atoms. The molecular formula is C15H24N2O2S. The maximum absolute atomic E-state index is 9.52. The smallest absolute Gasteiger partial charge is 0.119 e. The first-order chi connectivity index (χ1) is 9.81. The van der Waals surface area contributed by atoms with Crippen LogP contribution in [0.4, 0.5) is 0 Å². The van der Waals surface area contributed by atoms with Crippen LogP contribution in [0.1, 0.15) is 5.56 Å². The number of nitrogens with one attached hydrogen (secondary N) is 1. The molecule has 5 heteroatoms. The Morgan fingerprint density at radius 2 is 2.20 bits per heavy atom. The number of methoxy groups -OCH3 is 1. The second-order valence-electron chi connectivity index (χ2n) is 5.02. The summed E-state index contributed by atoms with van der Waals surface area (Å²) in [5.74, 6) is 3.28. The van der Waals surface area contributed by atoms with Gasteiger partial charge in [0.25, 0.3) is 0 Å². The lowest BCUT2D eigenvalue weighted by atomic mass is 10.2. The van der Waals surface area contributed by atoms with Crippen molar-refractivity contribution in [1.82, 2.24) is 10.2 Å². The molecule has 0 aliphatic carbocycles. The van der Waals surface area contributed by atoms with Crippen molar-refractivity contribution in [3.63, 3.8) is 0 Å². The summed E-state index contributed by atoms with van der Waals surface area (Å²) in [6.45, 7) is 4.10. The molecule has 1 aliphatic rings. The standard InChI is InChI=1S/C15H24N2O2S/c1-19-15-4-2-3-13(9-15)10-16-14(12-18)11-17-5-7-20-8-6-17/h2-4,9,14,16,18H,5-8,10-12H2,1H3. The van der Waals surface area contributed by atoms with Crippen LogP contribution in [0.5, 0.6) is 5.75 Å². The molecule has 0 saturated carbocycles. The van der Waals surface area contributed by atoms with Crippen molar-refractivity contribution in [3.05, 3.63) is 29.8 Å². The second-order valence-corrected chi connectivity index (χ2v) is 6.25. The van der Waals surface area contributed by atoms with Gasteiger partial charge in [-0.25, -0.2) is 0 Å². The zero-order chi connectivity index (χ0) is 14.2. The summed E-state index contributed by atoms with van der Waals surface area (Å²) in [4.78, 5) is 2.43. The van der Waals surface area contributed by atoms with E-state index in [0.29, 0.717) is 0 Å².